The van der Waals surface area contributed by atoms with Crippen molar-refractivity contribution in [1.82, 2.24) is 0 Å². The van der Waals surface area contributed by atoms with Crippen LogP contribution in [0.2, 0.25) is 0 Å². The Balaban J connectivity index is 1.52. The second-order valence-electron chi connectivity index (χ2n) is 7.01. The number of nitrogens with zero attached hydrogens (tertiary/aromatic N) is 1. The minimum Gasteiger partial charge on any atom is -0.462 e. The van der Waals surface area contributed by atoms with Crippen LogP contribution in [0.15, 0.2) is 35.9 Å². The van der Waals surface area contributed by atoms with Gasteiger partial charge in [-0.05, 0) is 42.2 Å². The van der Waals surface area contributed by atoms with Gasteiger partial charge < -0.3 is 4.74 Å². The fourth-order valence-electron chi connectivity index (χ4n) is 3.82. The molecule has 1 aromatic rings. The van der Waals surface area contributed by atoms with Gasteiger partial charge in [0.1, 0.15) is 0 Å². The van der Waals surface area contributed by atoms with E-state index in [0.29, 0.717) is 23.5 Å². The molecule has 0 heterocycles. The molecule has 0 unspecified atom stereocenters. The summed E-state index contributed by atoms with van der Waals surface area (Å²) in [5.74, 6) is 1.00. The summed E-state index contributed by atoms with van der Waals surface area (Å²) in [7, 11) is 0. The van der Waals surface area contributed by atoms with Crippen molar-refractivity contribution in [2.24, 2.45) is 17.3 Å². The van der Waals surface area contributed by atoms with Crippen LogP contribution in [0.3, 0.4) is 0 Å². The molecule has 5 nitrogen and oxygen atoms in total. The predicted octanol–water partition coefficient (Wildman–Crippen LogP) is 4.13. The summed E-state index contributed by atoms with van der Waals surface area (Å²) in [6, 6.07) is 5.49. The average Bonchev–Trinajstić information content (AvgIpc) is 2.54. The van der Waals surface area contributed by atoms with Crippen molar-refractivity contribution in [3.63, 3.8) is 0 Å². The highest BCUT2D eigenvalue weighted by molar-refractivity contribution is 5.89. The van der Waals surface area contributed by atoms with E-state index in [4.69, 9.17) is 4.74 Å². The Bertz CT molecular complexity index is 660. The van der Waals surface area contributed by atoms with Gasteiger partial charge in [0.05, 0.1) is 17.1 Å². The smallest absolute Gasteiger partial charge is 0.338 e. The molecule has 0 amide bonds. The molecule has 0 aliphatic heterocycles. The van der Waals surface area contributed by atoms with Crippen LogP contribution in [-0.4, -0.2) is 17.5 Å². The monoisotopic (exact) mass is 315 g/mol. The summed E-state index contributed by atoms with van der Waals surface area (Å²) in [6.45, 7) is 5.00. The first-order chi connectivity index (χ1) is 10.9. The van der Waals surface area contributed by atoms with Gasteiger partial charge in [0.15, 0.2) is 0 Å². The minimum absolute atomic E-state index is 0.0318. The lowest BCUT2D eigenvalue weighted by Gasteiger charge is -2.56. The molecule has 4 rings (SSSR count). The van der Waals surface area contributed by atoms with Gasteiger partial charge in [-0.15, -0.1) is 0 Å². The highest BCUT2D eigenvalue weighted by Crippen LogP contribution is 2.59. The summed E-state index contributed by atoms with van der Waals surface area (Å²) < 4.78 is 5.32. The van der Waals surface area contributed by atoms with Crippen molar-refractivity contribution in [3.8, 4) is 0 Å². The van der Waals surface area contributed by atoms with Crippen molar-refractivity contribution >= 4 is 11.7 Å². The van der Waals surface area contributed by atoms with Crippen molar-refractivity contribution in [2.45, 2.75) is 33.1 Å². The van der Waals surface area contributed by atoms with Crippen LogP contribution in [0.25, 0.3) is 0 Å². The van der Waals surface area contributed by atoms with E-state index in [2.05, 4.69) is 19.9 Å². The number of nitro groups is 1. The number of carbonyl (C=O) groups excluding carboxylic acids is 1. The van der Waals surface area contributed by atoms with Crippen LogP contribution in [0, 0.1) is 27.4 Å². The number of rotatable bonds is 5. The summed E-state index contributed by atoms with van der Waals surface area (Å²) in [6.07, 6.45) is 5.48. The van der Waals surface area contributed by atoms with E-state index in [-0.39, 0.29) is 5.69 Å². The Labute approximate surface area is 135 Å². The lowest BCUT2D eigenvalue weighted by Crippen LogP contribution is -2.48. The number of benzene rings is 1. The van der Waals surface area contributed by atoms with Gasteiger partial charge in [0.25, 0.3) is 5.69 Å². The van der Waals surface area contributed by atoms with Gasteiger partial charge >= 0.3 is 5.97 Å². The molecule has 3 aliphatic rings. The number of allylic oxidation sites excluding steroid dienone is 1. The molecule has 0 aromatic heterocycles. The van der Waals surface area contributed by atoms with Gasteiger partial charge in [-0.3, -0.25) is 10.1 Å². The minimum atomic E-state index is -0.488. The lowest BCUT2D eigenvalue weighted by atomic mass is 9.48. The second kappa shape index (κ2) is 5.80. The van der Waals surface area contributed by atoms with Crippen LogP contribution in [0.4, 0.5) is 5.69 Å². The standard InChI is InChI=1S/C18H21NO4/c1-18(2)14-6-3-12(16(18)11-14)9-10-23-17(20)13-4-7-15(8-5-13)19(21)22/h3-5,7-8,14,16H,6,9-11H2,1-2H3/t14-,16-/m1/s1. The van der Waals surface area contributed by atoms with Crippen LogP contribution in [-0.2, 0) is 4.74 Å². The van der Waals surface area contributed by atoms with Crippen LogP contribution >= 0.6 is 0 Å². The maximum absolute atomic E-state index is 12.0. The van der Waals surface area contributed by atoms with Gasteiger partial charge in [0.2, 0.25) is 0 Å². The van der Waals surface area contributed by atoms with Gasteiger partial charge in [-0.2, -0.15) is 0 Å². The number of hydrogen-bond acceptors (Lipinski definition) is 4. The van der Waals surface area contributed by atoms with Crippen LogP contribution in [0.5, 0.6) is 0 Å². The van der Waals surface area contributed by atoms with E-state index in [9.17, 15) is 14.9 Å². The molecule has 0 radical (unpaired) electrons. The predicted molar refractivity (Wildman–Crippen MR) is 86.1 cm³/mol. The third kappa shape index (κ3) is 2.87. The molecule has 1 aromatic carbocycles. The van der Waals surface area contributed by atoms with E-state index in [1.54, 1.807) is 0 Å². The summed E-state index contributed by atoms with van der Waals surface area (Å²) in [5.41, 5.74) is 2.11. The van der Waals surface area contributed by atoms with Crippen molar-refractivity contribution in [1.29, 1.82) is 0 Å². The second-order valence-corrected chi connectivity index (χ2v) is 7.01. The molecule has 122 valence electrons. The van der Waals surface area contributed by atoms with Crippen LogP contribution < -0.4 is 0 Å². The van der Waals surface area contributed by atoms with E-state index < -0.39 is 10.9 Å². The zero-order valence-corrected chi connectivity index (χ0v) is 13.5. The zero-order valence-electron chi connectivity index (χ0n) is 13.5. The largest absolute Gasteiger partial charge is 0.462 e. The molecule has 2 atom stereocenters. The number of fused-ring (bicyclic) bond motifs is 1. The van der Waals surface area contributed by atoms with Gasteiger partial charge in [-0.1, -0.05) is 25.5 Å². The van der Waals surface area contributed by atoms with E-state index in [0.717, 1.165) is 18.8 Å². The first kappa shape index (κ1) is 15.7. The molecular weight excluding hydrogens is 294 g/mol. The Morgan fingerprint density at radius 2 is 2.04 bits per heavy atom. The highest BCUT2D eigenvalue weighted by Gasteiger charge is 2.50. The maximum atomic E-state index is 12.0. The number of carbonyl (C=O) groups is 1. The number of nitro benzene ring substituents is 1. The molecule has 2 bridgehead atoms. The van der Waals surface area contributed by atoms with Gasteiger partial charge in [0, 0.05) is 18.6 Å². The SMILES string of the molecule is CC1(C)[C@@H]2CC=C(CCOC(=O)c3ccc([N+](=O)[O-])cc3)[C@H]1C2. The maximum Gasteiger partial charge on any atom is 0.338 e. The Hall–Kier alpha value is -2.17. The van der Waals surface area contributed by atoms with E-state index in [1.807, 2.05) is 0 Å². The molecule has 1 saturated carbocycles. The molecule has 0 spiro atoms. The summed E-state index contributed by atoms with van der Waals surface area (Å²) in [4.78, 5) is 22.1. The summed E-state index contributed by atoms with van der Waals surface area (Å²) in [5, 5.41) is 10.6. The molecular formula is C18H21NO4. The van der Waals surface area contributed by atoms with E-state index in [1.165, 1.54) is 36.3 Å². The van der Waals surface area contributed by atoms with E-state index >= 15 is 0 Å². The zero-order chi connectivity index (χ0) is 16.6. The lowest BCUT2D eigenvalue weighted by molar-refractivity contribution is -0.384. The number of ether oxygens (including phenoxy) is 1. The molecule has 1 fully saturated rings. The normalized spacial score (nSPS) is 24.3. The van der Waals surface area contributed by atoms with Crippen molar-refractivity contribution in [2.75, 3.05) is 6.61 Å². The van der Waals surface area contributed by atoms with Gasteiger partial charge in [-0.25, -0.2) is 4.79 Å². The number of esters is 1. The molecule has 0 N–H and O–H groups in total. The Kier molecular flexibility index (Phi) is 3.96. The van der Waals surface area contributed by atoms with Crippen molar-refractivity contribution in [3.05, 3.63) is 51.6 Å². The third-order valence-electron chi connectivity index (χ3n) is 5.52. The third-order valence-corrected chi connectivity index (χ3v) is 5.52. The topological polar surface area (TPSA) is 69.4 Å². The molecule has 3 aliphatic carbocycles. The molecule has 23 heavy (non-hydrogen) atoms. The fourth-order valence-corrected chi connectivity index (χ4v) is 3.82. The average molecular weight is 315 g/mol. The first-order valence-corrected chi connectivity index (χ1v) is 8.00. The molecule has 0 saturated heterocycles. The quantitative estimate of drug-likeness (QED) is 0.354. The Morgan fingerprint density at radius 3 is 2.61 bits per heavy atom. The van der Waals surface area contributed by atoms with Crippen LogP contribution in [0.1, 0.15) is 43.5 Å². The highest BCUT2D eigenvalue weighted by atomic mass is 16.6. The first-order valence-electron chi connectivity index (χ1n) is 8.00. The fraction of sp³-hybridized carbons (Fsp3) is 0.500. The Morgan fingerprint density at radius 1 is 1.35 bits per heavy atom. The molecule has 5 heteroatoms. The number of hydrogen-bond donors (Lipinski definition) is 0. The number of non-ortho nitro benzene ring substituents is 1. The van der Waals surface area contributed by atoms with Crippen molar-refractivity contribution < 1.29 is 14.5 Å². The summed E-state index contributed by atoms with van der Waals surface area (Å²) >= 11 is 0.